The van der Waals surface area contributed by atoms with Crippen LogP contribution in [-0.4, -0.2) is 45.8 Å². The third-order valence-electron chi connectivity index (χ3n) is 3.12. The molecular formula is C16H27BrN2O2. The predicted octanol–water partition coefficient (Wildman–Crippen LogP) is 3.29. The number of halogens is 1. The summed E-state index contributed by atoms with van der Waals surface area (Å²) < 4.78 is 11.9. The number of nitrogens with zero attached hydrogens (tertiary/aromatic N) is 1. The topological polar surface area (TPSA) is 33.7 Å². The van der Waals surface area contributed by atoms with Crippen LogP contribution >= 0.6 is 15.9 Å². The van der Waals surface area contributed by atoms with Gasteiger partial charge in [0.1, 0.15) is 0 Å². The van der Waals surface area contributed by atoms with E-state index in [0.29, 0.717) is 6.61 Å². The fourth-order valence-corrected chi connectivity index (χ4v) is 2.67. The van der Waals surface area contributed by atoms with E-state index in [1.807, 2.05) is 13.0 Å². The molecule has 0 spiro atoms. The summed E-state index contributed by atoms with van der Waals surface area (Å²) in [6.07, 6.45) is 2.41. The highest BCUT2D eigenvalue weighted by molar-refractivity contribution is 9.10. The lowest BCUT2D eigenvalue weighted by Gasteiger charge is -2.14. The summed E-state index contributed by atoms with van der Waals surface area (Å²) in [4.78, 5) is 2.22. The summed E-state index contributed by atoms with van der Waals surface area (Å²) >= 11 is 3.55. The highest BCUT2D eigenvalue weighted by Crippen LogP contribution is 2.36. The van der Waals surface area contributed by atoms with Crippen LogP contribution in [0.25, 0.3) is 0 Å². The number of unbranched alkanes of at least 4 members (excludes halogenated alkanes) is 1. The summed E-state index contributed by atoms with van der Waals surface area (Å²) in [5.74, 6) is 1.55. The van der Waals surface area contributed by atoms with Crippen LogP contribution in [0, 0.1) is 0 Å². The maximum Gasteiger partial charge on any atom is 0.175 e. The minimum Gasteiger partial charge on any atom is -0.493 e. The van der Waals surface area contributed by atoms with Gasteiger partial charge in [-0.25, -0.2) is 0 Å². The molecule has 0 aliphatic heterocycles. The molecule has 0 bridgehead atoms. The second-order valence-corrected chi connectivity index (χ2v) is 6.08. The summed E-state index contributed by atoms with van der Waals surface area (Å²) in [5.41, 5.74) is 1.19. The fraction of sp³-hybridized carbons (Fsp3) is 0.625. The summed E-state index contributed by atoms with van der Waals surface area (Å²) in [5, 5.41) is 3.47. The van der Waals surface area contributed by atoms with E-state index in [4.69, 9.17) is 9.47 Å². The molecule has 1 aromatic carbocycles. The van der Waals surface area contributed by atoms with E-state index in [2.05, 4.69) is 46.3 Å². The molecule has 0 saturated heterocycles. The third-order valence-corrected chi connectivity index (χ3v) is 3.70. The van der Waals surface area contributed by atoms with Crippen LogP contribution in [0.3, 0.4) is 0 Å². The molecule has 0 fully saturated rings. The van der Waals surface area contributed by atoms with Crippen LogP contribution in [0.4, 0.5) is 0 Å². The maximum absolute atomic E-state index is 5.60. The number of methoxy groups -OCH3 is 1. The zero-order valence-corrected chi connectivity index (χ0v) is 15.1. The van der Waals surface area contributed by atoms with Crippen molar-refractivity contribution in [3.05, 3.63) is 22.2 Å². The molecule has 4 nitrogen and oxygen atoms in total. The van der Waals surface area contributed by atoms with Gasteiger partial charge in [0.25, 0.3) is 0 Å². The van der Waals surface area contributed by atoms with Crippen LogP contribution in [0.15, 0.2) is 16.6 Å². The van der Waals surface area contributed by atoms with Gasteiger partial charge >= 0.3 is 0 Å². The molecule has 1 N–H and O–H groups in total. The second kappa shape index (κ2) is 10.0. The molecule has 0 amide bonds. The van der Waals surface area contributed by atoms with Crippen molar-refractivity contribution in [2.45, 2.75) is 26.3 Å². The minimum atomic E-state index is 0.623. The van der Waals surface area contributed by atoms with Crippen molar-refractivity contribution >= 4 is 15.9 Å². The van der Waals surface area contributed by atoms with E-state index in [1.54, 1.807) is 7.11 Å². The monoisotopic (exact) mass is 358 g/mol. The van der Waals surface area contributed by atoms with Gasteiger partial charge in [-0.15, -0.1) is 0 Å². The molecule has 5 heteroatoms. The average molecular weight is 359 g/mol. The molecule has 21 heavy (non-hydrogen) atoms. The van der Waals surface area contributed by atoms with Crippen molar-refractivity contribution < 1.29 is 9.47 Å². The fourth-order valence-electron chi connectivity index (χ4n) is 2.07. The van der Waals surface area contributed by atoms with E-state index < -0.39 is 0 Å². The molecular weight excluding hydrogens is 332 g/mol. The molecule has 0 aliphatic carbocycles. The lowest BCUT2D eigenvalue weighted by Crippen LogP contribution is -2.18. The van der Waals surface area contributed by atoms with Crippen LogP contribution in [0.5, 0.6) is 11.5 Å². The van der Waals surface area contributed by atoms with Crippen molar-refractivity contribution in [1.82, 2.24) is 10.2 Å². The van der Waals surface area contributed by atoms with Crippen LogP contribution < -0.4 is 14.8 Å². The molecule has 0 aliphatic rings. The first kappa shape index (κ1) is 18.3. The molecule has 0 aromatic heterocycles. The van der Waals surface area contributed by atoms with Crippen molar-refractivity contribution in [2.75, 3.05) is 40.9 Å². The molecule has 0 atom stereocenters. The van der Waals surface area contributed by atoms with Crippen LogP contribution in [-0.2, 0) is 6.54 Å². The van der Waals surface area contributed by atoms with E-state index in [9.17, 15) is 0 Å². The van der Waals surface area contributed by atoms with Crippen molar-refractivity contribution in [2.24, 2.45) is 0 Å². The number of hydrogen-bond donors (Lipinski definition) is 1. The van der Waals surface area contributed by atoms with Gasteiger partial charge in [0.15, 0.2) is 11.5 Å². The lowest BCUT2D eigenvalue weighted by atomic mass is 10.2. The van der Waals surface area contributed by atoms with E-state index in [0.717, 1.165) is 35.6 Å². The Labute approximate surface area is 136 Å². The Kier molecular flexibility index (Phi) is 8.73. The van der Waals surface area contributed by atoms with Crippen LogP contribution in [0.2, 0.25) is 0 Å². The number of ether oxygens (including phenoxy) is 2. The van der Waals surface area contributed by atoms with Gasteiger partial charge in [-0.3, -0.25) is 0 Å². The van der Waals surface area contributed by atoms with Crippen molar-refractivity contribution in [1.29, 1.82) is 0 Å². The van der Waals surface area contributed by atoms with Crippen molar-refractivity contribution in [3.63, 3.8) is 0 Å². The second-order valence-electron chi connectivity index (χ2n) is 5.23. The smallest absolute Gasteiger partial charge is 0.175 e. The number of benzene rings is 1. The number of rotatable bonds is 10. The summed E-state index contributed by atoms with van der Waals surface area (Å²) in [7, 11) is 5.89. The third kappa shape index (κ3) is 6.68. The quantitative estimate of drug-likeness (QED) is 0.650. The molecule has 1 rings (SSSR count). The summed E-state index contributed by atoms with van der Waals surface area (Å²) in [6, 6.07) is 4.11. The van der Waals surface area contributed by atoms with Gasteiger partial charge < -0.3 is 19.7 Å². The number of hydrogen-bond acceptors (Lipinski definition) is 4. The average Bonchev–Trinajstić information content (AvgIpc) is 2.44. The Balaban J connectivity index is 2.47. The van der Waals surface area contributed by atoms with Gasteiger partial charge in [-0.1, -0.05) is 0 Å². The Morgan fingerprint density at radius 1 is 1.24 bits per heavy atom. The molecule has 0 radical (unpaired) electrons. The highest BCUT2D eigenvalue weighted by atomic mass is 79.9. The van der Waals surface area contributed by atoms with E-state index >= 15 is 0 Å². The molecule has 0 heterocycles. The maximum atomic E-state index is 5.60. The molecule has 0 saturated carbocycles. The van der Waals surface area contributed by atoms with Crippen LogP contribution in [0.1, 0.15) is 25.3 Å². The largest absolute Gasteiger partial charge is 0.493 e. The Bertz CT molecular complexity index is 425. The zero-order valence-electron chi connectivity index (χ0n) is 13.5. The molecule has 0 unspecified atom stereocenters. The Hall–Kier alpha value is -0.780. The zero-order chi connectivity index (χ0) is 15.7. The van der Waals surface area contributed by atoms with Gasteiger partial charge in [0.2, 0.25) is 0 Å². The van der Waals surface area contributed by atoms with E-state index in [-0.39, 0.29) is 0 Å². The Morgan fingerprint density at radius 2 is 2.00 bits per heavy atom. The Morgan fingerprint density at radius 3 is 2.62 bits per heavy atom. The first-order valence-corrected chi connectivity index (χ1v) is 8.22. The standard InChI is InChI=1S/C16H27BrN2O2/c1-5-21-16-14(17)10-13(11-15(16)20-4)12-18-8-6-7-9-19(2)3/h10-11,18H,5-9,12H2,1-4H3. The summed E-state index contributed by atoms with van der Waals surface area (Å²) in [6.45, 7) is 5.60. The van der Waals surface area contributed by atoms with Gasteiger partial charge in [-0.05, 0) is 80.6 Å². The lowest BCUT2D eigenvalue weighted by molar-refractivity contribution is 0.308. The van der Waals surface area contributed by atoms with Gasteiger partial charge in [0, 0.05) is 6.54 Å². The first-order chi connectivity index (χ1) is 10.1. The highest BCUT2D eigenvalue weighted by Gasteiger charge is 2.10. The normalized spacial score (nSPS) is 11.0. The minimum absolute atomic E-state index is 0.623. The van der Waals surface area contributed by atoms with Gasteiger partial charge in [0.05, 0.1) is 18.2 Å². The predicted molar refractivity (Wildman–Crippen MR) is 91.4 cm³/mol. The van der Waals surface area contributed by atoms with Crippen molar-refractivity contribution in [3.8, 4) is 11.5 Å². The van der Waals surface area contributed by atoms with Gasteiger partial charge in [-0.2, -0.15) is 0 Å². The number of nitrogens with one attached hydrogen (secondary N) is 1. The van der Waals surface area contributed by atoms with E-state index in [1.165, 1.54) is 18.4 Å². The first-order valence-electron chi connectivity index (χ1n) is 7.43. The molecule has 1 aromatic rings. The molecule has 120 valence electrons. The SMILES string of the molecule is CCOc1c(Br)cc(CNCCCCN(C)C)cc1OC.